The Balaban J connectivity index is 2.46. The highest BCUT2D eigenvalue weighted by molar-refractivity contribution is 9.10. The second-order valence-corrected chi connectivity index (χ2v) is 3.80. The Bertz CT molecular complexity index is 496. The first-order valence-electron chi connectivity index (χ1n) is 4.18. The molecule has 0 aliphatic heterocycles. The molecule has 2 rings (SSSR count). The number of carbonyl (C=O) groups is 1. The quantitative estimate of drug-likeness (QED) is 0.797. The molecule has 0 aliphatic rings. The van der Waals surface area contributed by atoms with Gasteiger partial charge < -0.3 is 0 Å². The first kappa shape index (κ1) is 10.0. The van der Waals surface area contributed by atoms with E-state index < -0.39 is 11.7 Å². The van der Waals surface area contributed by atoms with Crippen LogP contribution >= 0.6 is 15.9 Å². The van der Waals surface area contributed by atoms with Crippen LogP contribution in [0.5, 0.6) is 0 Å². The van der Waals surface area contributed by atoms with E-state index in [-0.39, 0.29) is 5.56 Å². The molecule has 0 unspecified atom stereocenters. The molecule has 0 amide bonds. The van der Waals surface area contributed by atoms with E-state index in [1.165, 1.54) is 30.6 Å². The summed E-state index contributed by atoms with van der Waals surface area (Å²) in [6.07, 6.45) is 2.94. The fraction of sp³-hybridized carbons (Fsp3) is 0. The molecule has 1 aromatic heterocycles. The summed E-state index contributed by atoms with van der Waals surface area (Å²) in [7, 11) is 0. The van der Waals surface area contributed by atoms with Crippen LogP contribution in [0, 0.1) is 5.82 Å². The van der Waals surface area contributed by atoms with Crippen LogP contribution in [-0.2, 0) is 0 Å². The number of nitrogens with zero attached hydrogens (tertiary/aromatic N) is 2. The first-order chi connectivity index (χ1) is 7.18. The summed E-state index contributed by atoms with van der Waals surface area (Å²) in [5.41, 5.74) is -0.00641. The molecule has 0 N–H and O–H groups in total. The molecule has 3 nitrogen and oxygen atoms in total. The van der Waals surface area contributed by atoms with Crippen LogP contribution in [0.2, 0.25) is 0 Å². The maximum absolute atomic E-state index is 13.3. The third-order valence-electron chi connectivity index (χ3n) is 1.87. The number of benzene rings is 1. The van der Waals surface area contributed by atoms with Gasteiger partial charge in [0.15, 0.2) is 0 Å². The van der Waals surface area contributed by atoms with E-state index in [0.29, 0.717) is 4.47 Å². The number of hydrogen-bond donors (Lipinski definition) is 0. The van der Waals surface area contributed by atoms with Crippen molar-refractivity contribution in [1.29, 1.82) is 0 Å². The Morgan fingerprint density at radius 1 is 1.47 bits per heavy atom. The Kier molecular flexibility index (Phi) is 2.64. The fourth-order valence-corrected chi connectivity index (χ4v) is 1.53. The number of rotatable bonds is 1. The van der Waals surface area contributed by atoms with Gasteiger partial charge in [-0.2, -0.15) is 5.10 Å². The molecule has 2 aromatic rings. The molecule has 0 saturated heterocycles. The molecule has 0 spiro atoms. The van der Waals surface area contributed by atoms with Crippen LogP contribution in [0.3, 0.4) is 0 Å². The van der Waals surface area contributed by atoms with E-state index in [4.69, 9.17) is 0 Å². The number of hydrogen-bond acceptors (Lipinski definition) is 2. The van der Waals surface area contributed by atoms with Gasteiger partial charge in [-0.1, -0.05) is 15.9 Å². The van der Waals surface area contributed by atoms with Gasteiger partial charge in [-0.3, -0.25) is 4.79 Å². The SMILES string of the molecule is O=C(c1cc(Br)ccc1F)n1cccn1. The van der Waals surface area contributed by atoms with Crippen molar-refractivity contribution in [2.24, 2.45) is 0 Å². The van der Waals surface area contributed by atoms with E-state index in [9.17, 15) is 9.18 Å². The monoisotopic (exact) mass is 268 g/mol. The normalized spacial score (nSPS) is 10.3. The van der Waals surface area contributed by atoms with Crippen LogP contribution in [0.15, 0.2) is 41.1 Å². The van der Waals surface area contributed by atoms with Gasteiger partial charge in [0.05, 0.1) is 5.56 Å². The predicted molar refractivity (Wildman–Crippen MR) is 56.1 cm³/mol. The first-order valence-corrected chi connectivity index (χ1v) is 4.97. The topological polar surface area (TPSA) is 34.9 Å². The van der Waals surface area contributed by atoms with Crippen molar-refractivity contribution in [3.63, 3.8) is 0 Å². The fourth-order valence-electron chi connectivity index (χ4n) is 1.17. The van der Waals surface area contributed by atoms with Crippen molar-refractivity contribution in [3.8, 4) is 0 Å². The zero-order chi connectivity index (χ0) is 10.8. The average molecular weight is 269 g/mol. The van der Waals surface area contributed by atoms with Gasteiger partial charge in [0.25, 0.3) is 5.91 Å². The number of halogens is 2. The van der Waals surface area contributed by atoms with E-state index in [0.717, 1.165) is 4.68 Å². The Labute approximate surface area is 93.7 Å². The molecule has 76 valence electrons. The second kappa shape index (κ2) is 3.94. The molecule has 0 aliphatic carbocycles. The molecule has 0 radical (unpaired) electrons. The summed E-state index contributed by atoms with van der Waals surface area (Å²) >= 11 is 3.18. The lowest BCUT2D eigenvalue weighted by molar-refractivity contribution is 0.0941. The Morgan fingerprint density at radius 2 is 2.27 bits per heavy atom. The van der Waals surface area contributed by atoms with Gasteiger partial charge >= 0.3 is 0 Å². The highest BCUT2D eigenvalue weighted by Gasteiger charge is 2.13. The summed E-state index contributed by atoms with van der Waals surface area (Å²) < 4.78 is 15.1. The van der Waals surface area contributed by atoms with Gasteiger partial charge in [0.2, 0.25) is 0 Å². The summed E-state index contributed by atoms with van der Waals surface area (Å²) in [5, 5.41) is 3.75. The highest BCUT2D eigenvalue weighted by atomic mass is 79.9. The van der Waals surface area contributed by atoms with Crippen molar-refractivity contribution < 1.29 is 9.18 Å². The number of carbonyl (C=O) groups excluding carboxylic acids is 1. The summed E-state index contributed by atoms with van der Waals surface area (Å²) in [6, 6.07) is 5.81. The maximum atomic E-state index is 13.3. The molecule has 1 aromatic carbocycles. The van der Waals surface area contributed by atoms with Crippen LogP contribution < -0.4 is 0 Å². The van der Waals surface area contributed by atoms with Crippen LogP contribution in [0.4, 0.5) is 4.39 Å². The van der Waals surface area contributed by atoms with Gasteiger partial charge in [-0.15, -0.1) is 0 Å². The minimum absolute atomic E-state index is 0.00641. The zero-order valence-electron chi connectivity index (χ0n) is 7.52. The molecular weight excluding hydrogens is 263 g/mol. The standard InChI is InChI=1S/C10H6BrFN2O/c11-7-2-3-9(12)8(6-7)10(15)14-5-1-4-13-14/h1-6H. The molecule has 0 bridgehead atoms. The van der Waals surface area contributed by atoms with Gasteiger partial charge in [-0.25, -0.2) is 9.07 Å². The van der Waals surface area contributed by atoms with Crippen LogP contribution in [0.1, 0.15) is 10.4 Å². The molecule has 0 atom stereocenters. The molecule has 0 saturated carbocycles. The summed E-state index contributed by atoms with van der Waals surface area (Å²) in [5.74, 6) is -1.04. The highest BCUT2D eigenvalue weighted by Crippen LogP contribution is 2.16. The average Bonchev–Trinajstić information content (AvgIpc) is 2.74. The van der Waals surface area contributed by atoms with E-state index in [1.807, 2.05) is 0 Å². The molecule has 0 fully saturated rings. The number of aromatic nitrogens is 2. The minimum atomic E-state index is -0.557. The lowest BCUT2D eigenvalue weighted by Crippen LogP contribution is -2.14. The largest absolute Gasteiger partial charge is 0.281 e. The van der Waals surface area contributed by atoms with Gasteiger partial charge in [0.1, 0.15) is 5.82 Å². The van der Waals surface area contributed by atoms with Crippen LogP contribution in [-0.4, -0.2) is 15.7 Å². The van der Waals surface area contributed by atoms with E-state index in [2.05, 4.69) is 21.0 Å². The van der Waals surface area contributed by atoms with E-state index >= 15 is 0 Å². The summed E-state index contributed by atoms with van der Waals surface area (Å²) in [6.45, 7) is 0. The molecule has 15 heavy (non-hydrogen) atoms. The van der Waals surface area contributed by atoms with Crippen molar-refractivity contribution in [2.75, 3.05) is 0 Å². The predicted octanol–water partition coefficient (Wildman–Crippen LogP) is 2.47. The second-order valence-electron chi connectivity index (χ2n) is 2.88. The maximum Gasteiger partial charge on any atom is 0.281 e. The summed E-state index contributed by atoms with van der Waals surface area (Å²) in [4.78, 5) is 11.7. The van der Waals surface area contributed by atoms with Gasteiger partial charge in [-0.05, 0) is 24.3 Å². The van der Waals surface area contributed by atoms with Crippen molar-refractivity contribution >= 4 is 21.8 Å². The van der Waals surface area contributed by atoms with E-state index in [1.54, 1.807) is 6.07 Å². The van der Waals surface area contributed by atoms with Crippen molar-refractivity contribution in [3.05, 3.63) is 52.5 Å². The van der Waals surface area contributed by atoms with Crippen molar-refractivity contribution in [2.45, 2.75) is 0 Å². The van der Waals surface area contributed by atoms with Gasteiger partial charge in [0, 0.05) is 16.9 Å². The molecule has 1 heterocycles. The Hall–Kier alpha value is -1.49. The minimum Gasteiger partial charge on any atom is -0.267 e. The molecular formula is C10H6BrFN2O. The lowest BCUT2D eigenvalue weighted by Gasteiger charge is -2.02. The lowest BCUT2D eigenvalue weighted by atomic mass is 10.2. The third-order valence-corrected chi connectivity index (χ3v) is 2.36. The molecule has 5 heteroatoms. The smallest absolute Gasteiger partial charge is 0.267 e. The van der Waals surface area contributed by atoms with Crippen molar-refractivity contribution in [1.82, 2.24) is 9.78 Å². The van der Waals surface area contributed by atoms with Crippen LogP contribution in [0.25, 0.3) is 0 Å². The zero-order valence-corrected chi connectivity index (χ0v) is 9.11. The Morgan fingerprint density at radius 3 is 2.93 bits per heavy atom. The third kappa shape index (κ3) is 1.97.